The highest BCUT2D eigenvalue weighted by atomic mass is 32.2. The first-order valence-electron chi connectivity index (χ1n) is 10.8. The summed E-state index contributed by atoms with van der Waals surface area (Å²) >= 11 is 2.63. The molecule has 8 nitrogen and oxygen atoms in total. The summed E-state index contributed by atoms with van der Waals surface area (Å²) in [5.41, 5.74) is 2.30. The summed E-state index contributed by atoms with van der Waals surface area (Å²) < 4.78 is 16.1. The summed E-state index contributed by atoms with van der Waals surface area (Å²) in [7, 11) is 1.60. The molecule has 174 valence electrons. The molecule has 0 saturated heterocycles. The molecule has 0 bridgehead atoms. The Morgan fingerprint density at radius 3 is 2.70 bits per heavy atom. The zero-order chi connectivity index (χ0) is 23.2. The van der Waals surface area contributed by atoms with Gasteiger partial charge in [0.1, 0.15) is 10.8 Å². The molecule has 0 spiro atoms. The summed E-state index contributed by atoms with van der Waals surface area (Å²) in [6, 6.07) is 7.27. The van der Waals surface area contributed by atoms with Gasteiger partial charge in [0.15, 0.2) is 0 Å². The third-order valence-corrected chi connectivity index (χ3v) is 7.25. The van der Waals surface area contributed by atoms with E-state index in [9.17, 15) is 9.59 Å². The Morgan fingerprint density at radius 2 is 1.94 bits per heavy atom. The Kier molecular flexibility index (Phi) is 7.66. The monoisotopic (exact) mass is 487 g/mol. The number of carbonyl (C=O) groups is 2. The van der Waals surface area contributed by atoms with Crippen LogP contribution in [-0.4, -0.2) is 41.5 Å². The van der Waals surface area contributed by atoms with Crippen LogP contribution < -0.4 is 10.1 Å². The number of aromatic nitrogens is 2. The second-order valence-corrected chi connectivity index (χ2v) is 9.46. The van der Waals surface area contributed by atoms with E-state index in [1.807, 2.05) is 24.3 Å². The van der Waals surface area contributed by atoms with Crippen molar-refractivity contribution in [2.75, 3.05) is 24.8 Å². The molecule has 0 radical (unpaired) electrons. The van der Waals surface area contributed by atoms with Crippen LogP contribution in [0.4, 0.5) is 5.00 Å². The van der Waals surface area contributed by atoms with E-state index >= 15 is 0 Å². The Bertz CT molecular complexity index is 1120. The average molecular weight is 488 g/mol. The lowest BCUT2D eigenvalue weighted by Gasteiger charge is -2.08. The quantitative estimate of drug-likeness (QED) is 0.269. The summed E-state index contributed by atoms with van der Waals surface area (Å²) in [6.45, 7) is 2.07. The zero-order valence-corrected chi connectivity index (χ0v) is 20.1. The minimum atomic E-state index is -0.374. The number of methoxy groups -OCH3 is 1. The van der Waals surface area contributed by atoms with Gasteiger partial charge in [0.25, 0.3) is 5.22 Å². The maximum absolute atomic E-state index is 12.7. The standard InChI is InChI=1S/C23H25N3O5S2/c1-3-30-22(28)19-16-7-5-4-6-8-17(16)33-21(19)24-18(27)13-32-23-26-25-20(31-23)14-9-11-15(29-2)12-10-14/h9-12H,3-8,13H2,1-2H3,(H,24,27). The van der Waals surface area contributed by atoms with Crippen molar-refractivity contribution >= 4 is 40.0 Å². The largest absolute Gasteiger partial charge is 0.497 e. The minimum absolute atomic E-state index is 0.0785. The molecule has 1 aliphatic rings. The van der Waals surface area contributed by atoms with E-state index in [-0.39, 0.29) is 17.6 Å². The average Bonchev–Trinajstić information content (AvgIpc) is 3.36. The number of nitrogens with one attached hydrogen (secondary N) is 1. The fourth-order valence-corrected chi connectivity index (χ4v) is 5.52. The number of anilines is 1. The van der Waals surface area contributed by atoms with E-state index in [1.165, 1.54) is 16.2 Å². The van der Waals surface area contributed by atoms with Crippen LogP contribution in [-0.2, 0) is 22.4 Å². The maximum atomic E-state index is 12.7. The number of thiophene rings is 1. The van der Waals surface area contributed by atoms with Gasteiger partial charge >= 0.3 is 5.97 Å². The van der Waals surface area contributed by atoms with E-state index in [0.29, 0.717) is 28.3 Å². The highest BCUT2D eigenvalue weighted by molar-refractivity contribution is 7.99. The zero-order valence-electron chi connectivity index (χ0n) is 18.5. The molecule has 1 aromatic carbocycles. The number of esters is 1. The number of nitrogens with zero attached hydrogens (tertiary/aromatic N) is 2. The molecule has 33 heavy (non-hydrogen) atoms. The van der Waals surface area contributed by atoms with Gasteiger partial charge in [-0.3, -0.25) is 4.79 Å². The van der Waals surface area contributed by atoms with Crippen molar-refractivity contribution in [2.24, 2.45) is 0 Å². The predicted molar refractivity (Wildman–Crippen MR) is 127 cm³/mol. The molecular formula is C23H25N3O5S2. The van der Waals surface area contributed by atoms with Crippen molar-refractivity contribution in [3.05, 3.63) is 40.3 Å². The fourth-order valence-electron chi connectivity index (χ4n) is 3.66. The molecular weight excluding hydrogens is 462 g/mol. The lowest BCUT2D eigenvalue weighted by molar-refractivity contribution is -0.113. The molecule has 3 aromatic rings. The molecule has 0 fully saturated rings. The Hall–Kier alpha value is -2.85. The number of benzene rings is 1. The summed E-state index contributed by atoms with van der Waals surface area (Å²) in [4.78, 5) is 26.5. The number of rotatable bonds is 8. The van der Waals surface area contributed by atoms with Crippen LogP contribution >= 0.6 is 23.1 Å². The highest BCUT2D eigenvalue weighted by Crippen LogP contribution is 2.38. The van der Waals surface area contributed by atoms with Crippen molar-refractivity contribution in [1.29, 1.82) is 0 Å². The van der Waals surface area contributed by atoms with Crippen LogP contribution in [0.15, 0.2) is 33.9 Å². The lowest BCUT2D eigenvalue weighted by Crippen LogP contribution is -2.16. The SMILES string of the molecule is CCOC(=O)c1c(NC(=O)CSc2nnc(-c3ccc(OC)cc3)o2)sc2c1CCCCC2. The van der Waals surface area contributed by atoms with E-state index in [4.69, 9.17) is 13.9 Å². The summed E-state index contributed by atoms with van der Waals surface area (Å²) in [5, 5.41) is 11.8. The summed E-state index contributed by atoms with van der Waals surface area (Å²) in [5.74, 6) is 0.562. The smallest absolute Gasteiger partial charge is 0.341 e. The number of hydrogen-bond donors (Lipinski definition) is 1. The molecule has 10 heteroatoms. The third-order valence-electron chi connectivity index (χ3n) is 5.22. The van der Waals surface area contributed by atoms with Gasteiger partial charge in [-0.15, -0.1) is 21.5 Å². The van der Waals surface area contributed by atoms with Crippen molar-refractivity contribution in [3.63, 3.8) is 0 Å². The third kappa shape index (κ3) is 5.56. The topological polar surface area (TPSA) is 104 Å². The van der Waals surface area contributed by atoms with E-state index in [0.717, 1.165) is 60.7 Å². The number of ether oxygens (including phenoxy) is 2. The van der Waals surface area contributed by atoms with Crippen molar-refractivity contribution < 1.29 is 23.5 Å². The first kappa shape index (κ1) is 23.3. The van der Waals surface area contributed by atoms with Gasteiger partial charge in [0.2, 0.25) is 11.8 Å². The first-order chi connectivity index (χ1) is 16.1. The maximum Gasteiger partial charge on any atom is 0.341 e. The molecule has 4 rings (SSSR count). The van der Waals surface area contributed by atoms with Crippen LogP contribution in [0.2, 0.25) is 0 Å². The van der Waals surface area contributed by atoms with E-state index in [2.05, 4.69) is 15.5 Å². The molecule has 2 heterocycles. The molecule has 0 atom stereocenters. The normalized spacial score (nSPS) is 13.2. The first-order valence-corrected chi connectivity index (χ1v) is 12.6. The van der Waals surface area contributed by atoms with Crippen LogP contribution in [0, 0.1) is 0 Å². The van der Waals surface area contributed by atoms with Gasteiger partial charge in [-0.1, -0.05) is 18.2 Å². The number of hydrogen-bond acceptors (Lipinski definition) is 9. The van der Waals surface area contributed by atoms with Crippen molar-refractivity contribution in [1.82, 2.24) is 10.2 Å². The van der Waals surface area contributed by atoms with E-state index < -0.39 is 0 Å². The molecule has 2 aromatic heterocycles. The van der Waals surface area contributed by atoms with Gasteiger partial charge in [-0.2, -0.15) is 0 Å². The number of carbonyl (C=O) groups excluding carboxylic acids is 2. The van der Waals surface area contributed by atoms with Crippen molar-refractivity contribution in [3.8, 4) is 17.2 Å². The number of amides is 1. The predicted octanol–water partition coefficient (Wildman–Crippen LogP) is 4.98. The molecule has 1 N–H and O–H groups in total. The number of aryl methyl sites for hydroxylation is 1. The minimum Gasteiger partial charge on any atom is -0.497 e. The van der Waals surface area contributed by atoms with Gasteiger partial charge < -0.3 is 19.2 Å². The summed E-state index contributed by atoms with van der Waals surface area (Å²) in [6.07, 6.45) is 5.03. The van der Waals surface area contributed by atoms with Crippen LogP contribution in [0.3, 0.4) is 0 Å². The van der Waals surface area contributed by atoms with Gasteiger partial charge in [0.05, 0.1) is 25.0 Å². The Labute approximate surface area is 200 Å². The van der Waals surface area contributed by atoms with Crippen molar-refractivity contribution in [2.45, 2.75) is 44.3 Å². The molecule has 0 unspecified atom stereocenters. The lowest BCUT2D eigenvalue weighted by atomic mass is 10.1. The van der Waals surface area contributed by atoms with Crippen LogP contribution in [0.25, 0.3) is 11.5 Å². The number of fused-ring (bicyclic) bond motifs is 1. The highest BCUT2D eigenvalue weighted by Gasteiger charge is 2.26. The van der Waals surface area contributed by atoms with Gasteiger partial charge in [-0.25, -0.2) is 4.79 Å². The molecule has 0 aliphatic heterocycles. The van der Waals surface area contributed by atoms with Gasteiger partial charge in [0, 0.05) is 10.4 Å². The molecule has 1 amide bonds. The fraction of sp³-hybridized carbons (Fsp3) is 0.391. The molecule has 1 aliphatic carbocycles. The molecule has 0 saturated carbocycles. The Balaban J connectivity index is 1.42. The second-order valence-electron chi connectivity index (χ2n) is 7.43. The van der Waals surface area contributed by atoms with Crippen LogP contribution in [0.5, 0.6) is 5.75 Å². The Morgan fingerprint density at radius 1 is 1.15 bits per heavy atom. The van der Waals surface area contributed by atoms with Crippen LogP contribution in [0.1, 0.15) is 47.0 Å². The van der Waals surface area contributed by atoms with Gasteiger partial charge in [-0.05, 0) is 62.4 Å². The number of thioether (sulfide) groups is 1. The second kappa shape index (κ2) is 10.8. The van der Waals surface area contributed by atoms with E-state index in [1.54, 1.807) is 14.0 Å².